The van der Waals surface area contributed by atoms with E-state index in [1.807, 2.05) is 0 Å². The van der Waals surface area contributed by atoms with E-state index in [-0.39, 0.29) is 19.3 Å². The van der Waals surface area contributed by atoms with Crippen molar-refractivity contribution in [3.63, 3.8) is 0 Å². The summed E-state index contributed by atoms with van der Waals surface area (Å²) in [6.45, 7) is 0.0920. The van der Waals surface area contributed by atoms with Crippen LogP contribution in [0.3, 0.4) is 0 Å². The number of aliphatic hydroxyl groups is 2. The van der Waals surface area contributed by atoms with Crippen LogP contribution < -0.4 is 5.32 Å². The molecule has 0 saturated heterocycles. The smallest absolute Gasteiger partial charge is 0.0607 e. The van der Waals surface area contributed by atoms with Crippen molar-refractivity contribution in [2.75, 3.05) is 13.2 Å². The van der Waals surface area contributed by atoms with Crippen LogP contribution in [-0.4, -0.2) is 35.5 Å². The molecule has 3 atom stereocenters. The molecular formula is C10H19NO2. The summed E-state index contributed by atoms with van der Waals surface area (Å²) in [6.07, 6.45) is 5.35. The lowest BCUT2D eigenvalue weighted by molar-refractivity contribution is 0.152. The second kappa shape index (κ2) is 3.95. The van der Waals surface area contributed by atoms with E-state index in [0.29, 0.717) is 6.04 Å². The Morgan fingerprint density at radius 3 is 2.38 bits per heavy atom. The zero-order valence-corrected chi connectivity index (χ0v) is 7.95. The maximum atomic E-state index is 8.93. The predicted molar refractivity (Wildman–Crippen MR) is 50.3 cm³/mol. The molecule has 3 nitrogen and oxygen atoms in total. The van der Waals surface area contributed by atoms with E-state index in [1.54, 1.807) is 0 Å². The second-order valence-electron chi connectivity index (χ2n) is 4.51. The van der Waals surface area contributed by atoms with Gasteiger partial charge in [0.15, 0.2) is 0 Å². The molecule has 3 heteroatoms. The van der Waals surface area contributed by atoms with Crippen LogP contribution in [0, 0.1) is 11.8 Å². The molecule has 0 amide bonds. The van der Waals surface area contributed by atoms with E-state index in [0.717, 1.165) is 11.8 Å². The Morgan fingerprint density at radius 1 is 1.15 bits per heavy atom. The molecule has 2 bridgehead atoms. The van der Waals surface area contributed by atoms with Crippen LogP contribution in [0.25, 0.3) is 0 Å². The third kappa shape index (κ3) is 1.87. The van der Waals surface area contributed by atoms with Gasteiger partial charge in [-0.3, -0.25) is 0 Å². The van der Waals surface area contributed by atoms with Gasteiger partial charge < -0.3 is 15.5 Å². The molecule has 2 aliphatic carbocycles. The fraction of sp³-hybridized carbons (Fsp3) is 1.00. The van der Waals surface area contributed by atoms with E-state index in [2.05, 4.69) is 5.32 Å². The second-order valence-corrected chi connectivity index (χ2v) is 4.51. The van der Waals surface area contributed by atoms with Crippen LogP contribution >= 0.6 is 0 Å². The minimum absolute atomic E-state index is 0.0460. The molecule has 0 aromatic rings. The summed E-state index contributed by atoms with van der Waals surface area (Å²) in [5.41, 5.74) is 0. The summed E-state index contributed by atoms with van der Waals surface area (Å²) in [6, 6.07) is 0.451. The maximum absolute atomic E-state index is 8.93. The first kappa shape index (κ1) is 9.44. The highest BCUT2D eigenvalue weighted by atomic mass is 16.3. The molecule has 76 valence electrons. The van der Waals surface area contributed by atoms with Crippen molar-refractivity contribution in [1.82, 2.24) is 5.32 Å². The number of hydrogen-bond donors (Lipinski definition) is 3. The van der Waals surface area contributed by atoms with Crippen LogP contribution in [-0.2, 0) is 0 Å². The Bertz CT molecular complexity index is 170. The molecule has 13 heavy (non-hydrogen) atoms. The van der Waals surface area contributed by atoms with Crippen LogP contribution in [0.1, 0.15) is 25.7 Å². The highest BCUT2D eigenvalue weighted by Crippen LogP contribution is 2.44. The summed E-state index contributed by atoms with van der Waals surface area (Å²) in [4.78, 5) is 0. The molecule has 0 aromatic heterocycles. The molecule has 2 aliphatic rings. The van der Waals surface area contributed by atoms with Crippen LogP contribution in [0.2, 0.25) is 0 Å². The van der Waals surface area contributed by atoms with Gasteiger partial charge >= 0.3 is 0 Å². The molecule has 0 radical (unpaired) electrons. The van der Waals surface area contributed by atoms with Crippen LogP contribution in [0.5, 0.6) is 0 Å². The first-order valence-electron chi connectivity index (χ1n) is 5.31. The quantitative estimate of drug-likeness (QED) is 0.583. The third-order valence-electron chi connectivity index (χ3n) is 3.63. The molecule has 0 aliphatic heterocycles. The summed E-state index contributed by atoms with van der Waals surface area (Å²) in [5.74, 6) is 1.73. The van der Waals surface area contributed by atoms with Crippen molar-refractivity contribution >= 4 is 0 Å². The number of rotatable bonds is 4. The van der Waals surface area contributed by atoms with Gasteiger partial charge in [0.2, 0.25) is 0 Å². The van der Waals surface area contributed by atoms with Gasteiger partial charge in [0, 0.05) is 6.04 Å². The monoisotopic (exact) mass is 185 g/mol. The van der Waals surface area contributed by atoms with Crippen molar-refractivity contribution in [2.24, 2.45) is 11.8 Å². The fourth-order valence-electron chi connectivity index (χ4n) is 2.91. The molecule has 3 N–H and O–H groups in total. The van der Waals surface area contributed by atoms with Crippen LogP contribution in [0.4, 0.5) is 0 Å². The summed E-state index contributed by atoms with van der Waals surface area (Å²) in [5, 5.41) is 21.2. The largest absolute Gasteiger partial charge is 0.395 e. The van der Waals surface area contributed by atoms with Crippen molar-refractivity contribution in [1.29, 1.82) is 0 Å². The normalized spacial score (nSPS) is 37.6. The molecule has 0 heterocycles. The third-order valence-corrected chi connectivity index (χ3v) is 3.63. The van der Waals surface area contributed by atoms with Gasteiger partial charge in [-0.15, -0.1) is 0 Å². The highest BCUT2D eigenvalue weighted by molar-refractivity contribution is 4.95. The standard InChI is InChI=1S/C10H19NO2/c12-5-9(6-13)11-10-4-7-1-2-8(10)3-7/h7-13H,1-6H2/t7-,8-,10-/m0/s1. The number of aliphatic hydroxyl groups excluding tert-OH is 2. The van der Waals surface area contributed by atoms with Crippen LogP contribution in [0.15, 0.2) is 0 Å². The topological polar surface area (TPSA) is 52.5 Å². The Balaban J connectivity index is 1.82. The molecule has 2 fully saturated rings. The van der Waals surface area contributed by atoms with Crippen molar-refractivity contribution in [3.05, 3.63) is 0 Å². The SMILES string of the molecule is OCC(CO)N[C@H]1C[C@H]2CC[C@H]1C2. The zero-order chi connectivity index (χ0) is 9.26. The summed E-state index contributed by atoms with van der Waals surface area (Å²) >= 11 is 0. The van der Waals surface area contributed by atoms with E-state index in [9.17, 15) is 0 Å². The van der Waals surface area contributed by atoms with E-state index in [1.165, 1.54) is 25.7 Å². The minimum Gasteiger partial charge on any atom is -0.395 e. The van der Waals surface area contributed by atoms with Gasteiger partial charge in [0.25, 0.3) is 0 Å². The van der Waals surface area contributed by atoms with Crippen molar-refractivity contribution < 1.29 is 10.2 Å². The van der Waals surface area contributed by atoms with Crippen molar-refractivity contribution in [3.8, 4) is 0 Å². The Kier molecular flexibility index (Phi) is 2.86. The van der Waals surface area contributed by atoms with E-state index >= 15 is 0 Å². The van der Waals surface area contributed by atoms with Crippen molar-refractivity contribution in [2.45, 2.75) is 37.8 Å². The molecule has 2 rings (SSSR count). The Morgan fingerprint density at radius 2 is 1.92 bits per heavy atom. The number of nitrogens with one attached hydrogen (secondary N) is 1. The van der Waals surface area contributed by atoms with Gasteiger partial charge in [0.05, 0.1) is 19.3 Å². The predicted octanol–water partition coefficient (Wildman–Crippen LogP) is 0.118. The average Bonchev–Trinajstić information content (AvgIpc) is 2.75. The average molecular weight is 185 g/mol. The molecule has 0 aromatic carbocycles. The number of fused-ring (bicyclic) bond motifs is 2. The fourth-order valence-corrected chi connectivity index (χ4v) is 2.91. The highest BCUT2D eigenvalue weighted by Gasteiger charge is 2.39. The van der Waals surface area contributed by atoms with E-state index < -0.39 is 0 Å². The van der Waals surface area contributed by atoms with Gasteiger partial charge in [0.1, 0.15) is 0 Å². The Labute approximate surface area is 79.2 Å². The summed E-state index contributed by atoms with van der Waals surface area (Å²) in [7, 11) is 0. The molecule has 0 unspecified atom stereocenters. The number of hydrogen-bond acceptors (Lipinski definition) is 3. The Hall–Kier alpha value is -0.120. The lowest BCUT2D eigenvalue weighted by Gasteiger charge is -2.26. The maximum Gasteiger partial charge on any atom is 0.0607 e. The van der Waals surface area contributed by atoms with Gasteiger partial charge in [-0.25, -0.2) is 0 Å². The lowest BCUT2D eigenvalue weighted by Crippen LogP contribution is -2.45. The minimum atomic E-state index is -0.107. The molecule has 2 saturated carbocycles. The van der Waals surface area contributed by atoms with Gasteiger partial charge in [-0.05, 0) is 31.1 Å². The van der Waals surface area contributed by atoms with Gasteiger partial charge in [-0.1, -0.05) is 6.42 Å². The lowest BCUT2D eigenvalue weighted by atomic mass is 9.95. The van der Waals surface area contributed by atoms with E-state index in [4.69, 9.17) is 10.2 Å². The molecule has 0 spiro atoms. The first-order chi connectivity index (χ1) is 6.33. The van der Waals surface area contributed by atoms with Gasteiger partial charge in [-0.2, -0.15) is 0 Å². The molecular weight excluding hydrogens is 166 g/mol. The summed E-state index contributed by atoms with van der Waals surface area (Å²) < 4.78 is 0. The first-order valence-corrected chi connectivity index (χ1v) is 5.31. The zero-order valence-electron chi connectivity index (χ0n) is 7.95.